The maximum Gasteiger partial charge on any atom is 0.328 e. The van der Waals surface area contributed by atoms with Gasteiger partial charge in [0.25, 0.3) is 5.92 Å². The van der Waals surface area contributed by atoms with Crippen LogP contribution in [-0.2, 0) is 11.2 Å². The van der Waals surface area contributed by atoms with Crippen LogP contribution in [0, 0.1) is 5.82 Å². The Morgan fingerprint density at radius 2 is 2.15 bits per heavy atom. The number of aliphatic carboxylic acids is 1. The zero-order chi connectivity index (χ0) is 23.9. The van der Waals surface area contributed by atoms with E-state index in [4.69, 9.17) is 9.84 Å². The van der Waals surface area contributed by atoms with Crippen LogP contribution in [0.4, 0.5) is 13.2 Å². The molecule has 3 aromatic rings. The van der Waals surface area contributed by atoms with Gasteiger partial charge >= 0.3 is 5.97 Å². The fraction of sp³-hybridized carbons (Fsp3) is 0.333. The topological polar surface area (TPSA) is 78.5 Å². The van der Waals surface area contributed by atoms with Crippen LogP contribution >= 0.6 is 0 Å². The van der Waals surface area contributed by atoms with Crippen LogP contribution in [0.3, 0.4) is 0 Å². The molecule has 2 atom stereocenters. The first-order chi connectivity index (χ1) is 15.6. The predicted octanol–water partition coefficient (Wildman–Crippen LogP) is 4.80. The van der Waals surface area contributed by atoms with Crippen LogP contribution in [0.25, 0.3) is 17.0 Å². The molecule has 0 amide bonds. The Bertz CT molecular complexity index is 1230. The number of ether oxygens (including phenoxy) is 1. The first-order valence-electron chi connectivity index (χ1n) is 10.5. The van der Waals surface area contributed by atoms with E-state index < -0.39 is 30.3 Å². The standard InChI is InChI=1S/C24H24F3N3O3/c1-13-8-16-15(5-6-19-17(16)11-28-29-19)23(30(13)12-24(2,26)27)22-18(25)9-14(4-7-21(31)32)10-20(22)33-3/h4-7,9-11,13,23H,8,12H2,1-3H3,(H,28,29)(H,31,32)/b7-4+/t13-,23+/m1/s1. The van der Waals surface area contributed by atoms with E-state index >= 15 is 4.39 Å². The van der Waals surface area contributed by atoms with Gasteiger partial charge in [-0.25, -0.2) is 18.0 Å². The van der Waals surface area contributed by atoms with Crippen LogP contribution < -0.4 is 4.74 Å². The van der Waals surface area contributed by atoms with Crippen molar-refractivity contribution in [1.82, 2.24) is 15.1 Å². The molecule has 174 valence electrons. The summed E-state index contributed by atoms with van der Waals surface area (Å²) in [5.41, 5.74) is 2.86. The molecule has 1 aromatic heterocycles. The van der Waals surface area contributed by atoms with E-state index in [2.05, 4.69) is 10.2 Å². The lowest BCUT2D eigenvalue weighted by molar-refractivity contribution is -0.131. The second-order valence-corrected chi connectivity index (χ2v) is 8.45. The molecule has 0 spiro atoms. The Morgan fingerprint density at radius 1 is 1.39 bits per heavy atom. The van der Waals surface area contributed by atoms with Crippen molar-refractivity contribution in [3.05, 3.63) is 64.6 Å². The number of carbonyl (C=O) groups is 1. The number of fused-ring (bicyclic) bond motifs is 3. The second-order valence-electron chi connectivity index (χ2n) is 8.45. The molecule has 2 N–H and O–H groups in total. The largest absolute Gasteiger partial charge is 0.496 e. The fourth-order valence-electron chi connectivity index (χ4n) is 4.62. The number of nitrogens with zero attached hydrogens (tertiary/aromatic N) is 2. The first kappa shape index (κ1) is 22.8. The number of carboxylic acids is 1. The number of H-pyrrole nitrogens is 1. The van der Waals surface area contributed by atoms with Gasteiger partial charge in [0.05, 0.1) is 37.0 Å². The average Bonchev–Trinajstić information content (AvgIpc) is 3.21. The summed E-state index contributed by atoms with van der Waals surface area (Å²) in [5.74, 6) is -4.69. The van der Waals surface area contributed by atoms with Crippen molar-refractivity contribution in [2.45, 2.75) is 38.3 Å². The molecule has 0 saturated carbocycles. The van der Waals surface area contributed by atoms with Crippen molar-refractivity contribution >= 4 is 22.9 Å². The normalized spacial score (nSPS) is 19.2. The quantitative estimate of drug-likeness (QED) is 0.518. The summed E-state index contributed by atoms with van der Waals surface area (Å²) in [6.07, 6.45) is 4.34. The number of hydrogen-bond acceptors (Lipinski definition) is 4. The number of hydrogen-bond donors (Lipinski definition) is 2. The summed E-state index contributed by atoms with van der Waals surface area (Å²) in [4.78, 5) is 12.5. The lowest BCUT2D eigenvalue weighted by Gasteiger charge is -2.43. The summed E-state index contributed by atoms with van der Waals surface area (Å²) in [6, 6.07) is 5.17. The molecule has 6 nitrogen and oxygen atoms in total. The number of methoxy groups -OCH3 is 1. The van der Waals surface area contributed by atoms with Gasteiger partial charge in [0, 0.05) is 24.4 Å². The van der Waals surface area contributed by atoms with Crippen LogP contribution in [0.15, 0.2) is 36.5 Å². The molecule has 4 rings (SSSR count). The lowest BCUT2D eigenvalue weighted by Crippen LogP contribution is -2.47. The third-order valence-electron chi connectivity index (χ3n) is 5.95. The van der Waals surface area contributed by atoms with Crippen LogP contribution in [0.5, 0.6) is 5.75 Å². The van der Waals surface area contributed by atoms with E-state index in [9.17, 15) is 13.6 Å². The number of aromatic amines is 1. The highest BCUT2D eigenvalue weighted by Gasteiger charge is 2.41. The van der Waals surface area contributed by atoms with Gasteiger partial charge in [0.2, 0.25) is 0 Å². The predicted molar refractivity (Wildman–Crippen MR) is 118 cm³/mol. The lowest BCUT2D eigenvalue weighted by atomic mass is 9.82. The van der Waals surface area contributed by atoms with Gasteiger partial charge < -0.3 is 9.84 Å². The SMILES string of the molecule is COc1cc(/C=C/C(=O)O)cc(F)c1[C@@H]1c2ccc3[nH]ncc3c2C[C@@H](C)N1CC(C)(F)F. The van der Waals surface area contributed by atoms with E-state index in [1.165, 1.54) is 25.3 Å². The Balaban J connectivity index is 1.94. The van der Waals surface area contributed by atoms with Crippen LogP contribution in [-0.4, -0.2) is 51.8 Å². The minimum atomic E-state index is -3.00. The van der Waals surface area contributed by atoms with Gasteiger partial charge in [-0.15, -0.1) is 0 Å². The maximum atomic E-state index is 15.6. The molecule has 0 fully saturated rings. The van der Waals surface area contributed by atoms with Crippen molar-refractivity contribution in [2.75, 3.05) is 13.7 Å². The zero-order valence-electron chi connectivity index (χ0n) is 18.4. The molecule has 33 heavy (non-hydrogen) atoms. The Kier molecular flexibility index (Phi) is 5.92. The van der Waals surface area contributed by atoms with Crippen LogP contribution in [0.2, 0.25) is 0 Å². The highest BCUT2D eigenvalue weighted by Crippen LogP contribution is 2.45. The van der Waals surface area contributed by atoms with Gasteiger partial charge in [0.15, 0.2) is 0 Å². The number of benzene rings is 2. The van der Waals surface area contributed by atoms with Crippen molar-refractivity contribution in [3.63, 3.8) is 0 Å². The number of aromatic nitrogens is 2. The zero-order valence-corrected chi connectivity index (χ0v) is 18.4. The third kappa shape index (κ3) is 4.45. The van der Waals surface area contributed by atoms with E-state index in [1.54, 1.807) is 17.2 Å². The molecule has 2 heterocycles. The molecule has 9 heteroatoms. The van der Waals surface area contributed by atoms with Crippen molar-refractivity contribution in [2.24, 2.45) is 0 Å². The summed E-state index contributed by atoms with van der Waals surface area (Å²) < 4.78 is 49.5. The maximum absolute atomic E-state index is 15.6. The summed E-state index contributed by atoms with van der Waals surface area (Å²) >= 11 is 0. The molecule has 0 aliphatic carbocycles. The number of nitrogens with one attached hydrogen (secondary N) is 1. The Hall–Kier alpha value is -3.33. The molecule has 2 aromatic carbocycles. The number of halogens is 3. The average molecular weight is 459 g/mol. The monoisotopic (exact) mass is 459 g/mol. The Morgan fingerprint density at radius 3 is 2.82 bits per heavy atom. The highest BCUT2D eigenvalue weighted by molar-refractivity contribution is 5.85. The number of carboxylic acid groups (broad SMARTS) is 1. The van der Waals surface area contributed by atoms with E-state index in [0.29, 0.717) is 12.0 Å². The van der Waals surface area contributed by atoms with Crippen molar-refractivity contribution in [1.29, 1.82) is 0 Å². The van der Waals surface area contributed by atoms with E-state index in [0.717, 1.165) is 29.5 Å². The van der Waals surface area contributed by atoms with E-state index in [-0.39, 0.29) is 22.9 Å². The first-order valence-corrected chi connectivity index (χ1v) is 10.5. The summed E-state index contributed by atoms with van der Waals surface area (Å²) in [6.45, 7) is 2.12. The highest BCUT2D eigenvalue weighted by atomic mass is 19.3. The van der Waals surface area contributed by atoms with Gasteiger partial charge in [-0.05, 0) is 54.3 Å². The van der Waals surface area contributed by atoms with E-state index in [1.807, 2.05) is 13.0 Å². The van der Waals surface area contributed by atoms with Crippen molar-refractivity contribution < 1.29 is 27.8 Å². The number of alkyl halides is 2. The Labute approximate surface area is 188 Å². The molecule has 0 radical (unpaired) electrons. The molecular weight excluding hydrogens is 435 g/mol. The minimum Gasteiger partial charge on any atom is -0.496 e. The second kappa shape index (κ2) is 8.55. The van der Waals surface area contributed by atoms with Gasteiger partial charge in [0.1, 0.15) is 11.6 Å². The summed E-state index contributed by atoms with van der Waals surface area (Å²) in [5, 5.41) is 16.8. The smallest absolute Gasteiger partial charge is 0.328 e. The van der Waals surface area contributed by atoms with Gasteiger partial charge in [-0.1, -0.05) is 6.07 Å². The van der Waals surface area contributed by atoms with Crippen molar-refractivity contribution in [3.8, 4) is 5.75 Å². The molecule has 0 bridgehead atoms. The van der Waals surface area contributed by atoms with Gasteiger partial charge in [-0.2, -0.15) is 5.10 Å². The van der Waals surface area contributed by atoms with Crippen LogP contribution in [0.1, 0.15) is 42.1 Å². The fourth-order valence-corrected chi connectivity index (χ4v) is 4.62. The molecular formula is C24H24F3N3O3. The number of rotatable bonds is 6. The molecule has 0 saturated heterocycles. The molecule has 1 aliphatic rings. The third-order valence-corrected chi connectivity index (χ3v) is 5.95. The summed E-state index contributed by atoms with van der Waals surface area (Å²) in [7, 11) is 1.37. The van der Waals surface area contributed by atoms with Gasteiger partial charge in [-0.3, -0.25) is 10.00 Å². The minimum absolute atomic E-state index is 0.130. The molecule has 0 unspecified atom stereocenters. The molecule has 1 aliphatic heterocycles.